The Morgan fingerprint density at radius 1 is 1.24 bits per heavy atom. The van der Waals surface area contributed by atoms with E-state index in [0.29, 0.717) is 5.69 Å². The van der Waals surface area contributed by atoms with Crippen molar-refractivity contribution in [1.82, 2.24) is 4.72 Å². The average Bonchev–Trinajstić information content (AvgIpc) is 2.08. The van der Waals surface area contributed by atoms with Gasteiger partial charge in [-0.2, -0.15) is 13.1 Å². The molecule has 0 saturated carbocycles. The Bertz CT molecular complexity index is 507. The quantitative estimate of drug-likeness (QED) is 0.899. The van der Waals surface area contributed by atoms with Crippen molar-refractivity contribution in [2.24, 2.45) is 0 Å². The molecule has 0 aromatic heterocycles. The molecule has 0 saturated heterocycles. The van der Waals surface area contributed by atoms with Crippen LogP contribution >= 0.6 is 15.9 Å². The van der Waals surface area contributed by atoms with Gasteiger partial charge in [0.25, 0.3) is 10.2 Å². The molecule has 2 N–H and O–H groups in total. The maximum Gasteiger partial charge on any atom is 0.299 e. The summed E-state index contributed by atoms with van der Waals surface area (Å²) in [4.78, 5) is 0. The van der Waals surface area contributed by atoms with Gasteiger partial charge in [0.15, 0.2) is 0 Å². The number of hydrogen-bond donors (Lipinski definition) is 2. The van der Waals surface area contributed by atoms with E-state index in [-0.39, 0.29) is 0 Å². The normalized spacial score (nSPS) is 12.5. The van der Waals surface area contributed by atoms with Crippen molar-refractivity contribution in [2.75, 3.05) is 4.72 Å². The van der Waals surface area contributed by atoms with Gasteiger partial charge in [-0.1, -0.05) is 22.0 Å². The second kappa shape index (κ2) is 4.96. The fourth-order valence-electron chi connectivity index (χ4n) is 1.29. The third kappa shape index (κ3) is 4.65. The summed E-state index contributed by atoms with van der Waals surface area (Å²) in [5, 5.41) is 0. The molecule has 0 radical (unpaired) electrons. The summed E-state index contributed by atoms with van der Waals surface area (Å²) in [5.41, 5.74) is 0.911. The van der Waals surface area contributed by atoms with E-state index in [1.54, 1.807) is 32.9 Å². The first-order valence-corrected chi connectivity index (χ1v) is 7.45. The molecular weight excluding hydrogens is 304 g/mol. The van der Waals surface area contributed by atoms with E-state index in [1.807, 2.05) is 13.0 Å². The molecule has 1 aromatic rings. The van der Waals surface area contributed by atoms with Crippen molar-refractivity contribution in [2.45, 2.75) is 33.2 Å². The van der Waals surface area contributed by atoms with Gasteiger partial charge in [0, 0.05) is 10.0 Å². The Morgan fingerprint density at radius 2 is 1.82 bits per heavy atom. The van der Waals surface area contributed by atoms with Gasteiger partial charge in [-0.05, 0) is 45.4 Å². The lowest BCUT2D eigenvalue weighted by atomic mass is 10.1. The van der Waals surface area contributed by atoms with E-state index in [1.165, 1.54) is 0 Å². The van der Waals surface area contributed by atoms with Gasteiger partial charge >= 0.3 is 0 Å². The van der Waals surface area contributed by atoms with Crippen molar-refractivity contribution in [1.29, 1.82) is 0 Å². The van der Waals surface area contributed by atoms with Crippen molar-refractivity contribution in [3.8, 4) is 0 Å². The Balaban J connectivity index is 2.95. The molecule has 0 aliphatic heterocycles. The molecule has 0 aliphatic carbocycles. The van der Waals surface area contributed by atoms with Crippen LogP contribution in [0.2, 0.25) is 0 Å². The van der Waals surface area contributed by atoms with Crippen LogP contribution in [0.25, 0.3) is 0 Å². The topological polar surface area (TPSA) is 58.2 Å². The lowest BCUT2D eigenvalue weighted by molar-refractivity contribution is 0.494. The predicted octanol–water partition coefficient (Wildman–Crippen LogP) is 2.80. The zero-order chi connectivity index (χ0) is 13.3. The highest BCUT2D eigenvalue weighted by molar-refractivity contribution is 9.10. The molecule has 6 heteroatoms. The Labute approximate surface area is 111 Å². The molecule has 17 heavy (non-hydrogen) atoms. The largest absolute Gasteiger partial charge is 0.299 e. The number of nitrogens with one attached hydrogen (secondary N) is 2. The van der Waals surface area contributed by atoms with Gasteiger partial charge in [0.05, 0.1) is 5.69 Å². The van der Waals surface area contributed by atoms with E-state index < -0.39 is 15.7 Å². The smallest absolute Gasteiger partial charge is 0.271 e. The summed E-state index contributed by atoms with van der Waals surface area (Å²) in [6.45, 7) is 7.22. The van der Waals surface area contributed by atoms with Crippen molar-refractivity contribution < 1.29 is 8.42 Å². The van der Waals surface area contributed by atoms with Gasteiger partial charge in [0.2, 0.25) is 0 Å². The fraction of sp³-hybridized carbons (Fsp3) is 0.455. The van der Waals surface area contributed by atoms with Crippen molar-refractivity contribution in [3.05, 3.63) is 28.2 Å². The van der Waals surface area contributed by atoms with Crippen LogP contribution in [0.1, 0.15) is 26.3 Å². The monoisotopic (exact) mass is 320 g/mol. The minimum Gasteiger partial charge on any atom is -0.271 e. The summed E-state index contributed by atoms with van der Waals surface area (Å²) >= 11 is 3.36. The molecule has 0 atom stereocenters. The summed E-state index contributed by atoms with van der Waals surface area (Å²) in [5.74, 6) is 0. The van der Waals surface area contributed by atoms with Gasteiger partial charge in [-0.25, -0.2) is 0 Å². The van der Waals surface area contributed by atoms with Crippen LogP contribution in [0.3, 0.4) is 0 Å². The molecule has 0 aliphatic rings. The lowest BCUT2D eigenvalue weighted by Crippen LogP contribution is -2.43. The molecule has 1 aromatic carbocycles. The lowest BCUT2D eigenvalue weighted by Gasteiger charge is -2.21. The maximum absolute atomic E-state index is 11.8. The minimum absolute atomic E-state index is 0.508. The second-order valence-electron chi connectivity index (χ2n) is 4.87. The van der Waals surface area contributed by atoms with E-state index in [4.69, 9.17) is 0 Å². The molecule has 0 bridgehead atoms. The number of anilines is 1. The van der Waals surface area contributed by atoms with E-state index in [0.717, 1.165) is 10.0 Å². The van der Waals surface area contributed by atoms with Gasteiger partial charge in [-0.15, -0.1) is 0 Å². The standard InChI is InChI=1S/C11H17BrN2O2S/c1-8-9(12)6-5-7-10(8)13-17(15,16)14-11(2,3)4/h5-7,13-14H,1-4H3. The number of benzene rings is 1. The van der Waals surface area contributed by atoms with Crippen LogP contribution in [0.5, 0.6) is 0 Å². The summed E-state index contributed by atoms with van der Waals surface area (Å²) in [6.07, 6.45) is 0. The van der Waals surface area contributed by atoms with Crippen LogP contribution in [0.15, 0.2) is 22.7 Å². The summed E-state index contributed by atoms with van der Waals surface area (Å²) in [6, 6.07) is 5.37. The molecule has 0 heterocycles. The first-order chi connectivity index (χ1) is 7.61. The third-order valence-corrected chi connectivity index (χ3v) is 4.18. The van der Waals surface area contributed by atoms with Crippen LogP contribution in [0.4, 0.5) is 5.69 Å². The van der Waals surface area contributed by atoms with Gasteiger partial charge < -0.3 is 0 Å². The Kier molecular flexibility index (Phi) is 4.22. The first-order valence-electron chi connectivity index (χ1n) is 5.17. The molecule has 0 spiro atoms. The fourth-order valence-corrected chi connectivity index (χ4v) is 3.03. The van der Waals surface area contributed by atoms with Gasteiger partial charge in [0.1, 0.15) is 0 Å². The molecule has 0 fully saturated rings. The highest BCUT2D eigenvalue weighted by atomic mass is 79.9. The van der Waals surface area contributed by atoms with E-state index >= 15 is 0 Å². The first kappa shape index (κ1) is 14.5. The zero-order valence-electron chi connectivity index (χ0n) is 10.3. The Morgan fingerprint density at radius 3 is 2.35 bits per heavy atom. The summed E-state index contributed by atoms with van der Waals surface area (Å²) in [7, 11) is -3.55. The molecular formula is C11H17BrN2O2S. The zero-order valence-corrected chi connectivity index (χ0v) is 12.7. The second-order valence-corrected chi connectivity index (χ2v) is 7.14. The molecule has 96 valence electrons. The highest BCUT2D eigenvalue weighted by Crippen LogP contribution is 2.24. The highest BCUT2D eigenvalue weighted by Gasteiger charge is 2.20. The third-order valence-electron chi connectivity index (χ3n) is 1.95. The van der Waals surface area contributed by atoms with Gasteiger partial charge in [-0.3, -0.25) is 4.72 Å². The Hall–Kier alpha value is -0.590. The van der Waals surface area contributed by atoms with E-state index in [2.05, 4.69) is 25.4 Å². The van der Waals surface area contributed by atoms with Crippen LogP contribution < -0.4 is 9.44 Å². The number of hydrogen-bond acceptors (Lipinski definition) is 2. The van der Waals surface area contributed by atoms with Crippen molar-refractivity contribution in [3.63, 3.8) is 0 Å². The maximum atomic E-state index is 11.8. The van der Waals surface area contributed by atoms with Crippen LogP contribution in [-0.2, 0) is 10.2 Å². The summed E-state index contributed by atoms with van der Waals surface area (Å²) < 4.78 is 29.6. The molecule has 4 nitrogen and oxygen atoms in total. The number of halogens is 1. The number of rotatable bonds is 3. The molecule has 1 rings (SSSR count). The average molecular weight is 321 g/mol. The van der Waals surface area contributed by atoms with Crippen LogP contribution in [-0.4, -0.2) is 14.0 Å². The molecule has 0 unspecified atom stereocenters. The minimum atomic E-state index is -3.55. The van der Waals surface area contributed by atoms with Crippen LogP contribution in [0, 0.1) is 6.92 Å². The van der Waals surface area contributed by atoms with E-state index in [9.17, 15) is 8.42 Å². The van der Waals surface area contributed by atoms with Crippen molar-refractivity contribution >= 4 is 31.8 Å². The molecule has 0 amide bonds. The SMILES string of the molecule is Cc1c(Br)cccc1NS(=O)(=O)NC(C)(C)C. The predicted molar refractivity (Wildman–Crippen MR) is 74.3 cm³/mol.